The van der Waals surface area contributed by atoms with Gasteiger partial charge >= 0.3 is 6.18 Å². The lowest BCUT2D eigenvalue weighted by Crippen LogP contribution is -2.40. The van der Waals surface area contributed by atoms with Gasteiger partial charge in [-0.1, -0.05) is 27.5 Å². The fourth-order valence-electron chi connectivity index (χ4n) is 4.64. The van der Waals surface area contributed by atoms with Crippen molar-refractivity contribution in [1.29, 1.82) is 0 Å². The number of carbonyl (C=O) groups is 1. The first-order valence-electron chi connectivity index (χ1n) is 11.2. The number of fused-ring (bicyclic) bond motifs is 2. The molecular weight excluding hydrogens is 545 g/mol. The van der Waals surface area contributed by atoms with E-state index in [-0.39, 0.29) is 23.5 Å². The third-order valence-corrected chi connectivity index (χ3v) is 7.04. The van der Waals surface area contributed by atoms with Gasteiger partial charge in [0.05, 0.1) is 16.6 Å². The van der Waals surface area contributed by atoms with Crippen molar-refractivity contribution in [2.45, 2.75) is 43.9 Å². The van der Waals surface area contributed by atoms with Crippen molar-refractivity contribution in [2.24, 2.45) is 0 Å². The Morgan fingerprint density at radius 3 is 2.54 bits per heavy atom. The molecule has 1 saturated carbocycles. The molecule has 1 aliphatic carbocycles. The molecule has 5 nitrogen and oxygen atoms in total. The maximum atomic E-state index is 13.4. The molecule has 0 unspecified atom stereocenters. The summed E-state index contributed by atoms with van der Waals surface area (Å²) in [7, 11) is 0. The molecular formula is C25H21BrClF3N4O. The summed E-state index contributed by atoms with van der Waals surface area (Å²) in [6, 6.07) is 11.3. The Morgan fingerprint density at radius 1 is 1.06 bits per heavy atom. The Morgan fingerprint density at radius 2 is 1.80 bits per heavy atom. The van der Waals surface area contributed by atoms with Crippen molar-refractivity contribution >= 4 is 60.9 Å². The smallest absolute Gasteiger partial charge is 0.382 e. The predicted molar refractivity (Wildman–Crippen MR) is 135 cm³/mol. The van der Waals surface area contributed by atoms with Crippen LogP contribution >= 0.6 is 27.5 Å². The van der Waals surface area contributed by atoms with Crippen LogP contribution in [0.2, 0.25) is 5.02 Å². The highest BCUT2D eigenvalue weighted by atomic mass is 79.9. The van der Waals surface area contributed by atoms with Crippen LogP contribution in [0.25, 0.3) is 21.8 Å². The monoisotopic (exact) mass is 564 g/mol. The number of amides is 1. The fourth-order valence-corrected chi connectivity index (χ4v) is 5.29. The van der Waals surface area contributed by atoms with Gasteiger partial charge in [0, 0.05) is 44.2 Å². The van der Waals surface area contributed by atoms with E-state index in [0.29, 0.717) is 47.3 Å². The number of hydrogen-bond donors (Lipinski definition) is 3. The summed E-state index contributed by atoms with van der Waals surface area (Å²) in [5.74, 6) is -0.153. The van der Waals surface area contributed by atoms with Gasteiger partial charge in [-0.2, -0.15) is 13.2 Å². The Kier molecular flexibility index (Phi) is 6.40. The van der Waals surface area contributed by atoms with Crippen LogP contribution in [0, 0.1) is 0 Å². The highest BCUT2D eigenvalue weighted by Crippen LogP contribution is 2.35. The lowest BCUT2D eigenvalue weighted by Gasteiger charge is -2.31. The quantitative estimate of drug-likeness (QED) is 0.243. The van der Waals surface area contributed by atoms with Crippen LogP contribution in [0.4, 0.5) is 18.9 Å². The average molecular weight is 566 g/mol. The summed E-state index contributed by atoms with van der Waals surface area (Å²) >= 11 is 9.55. The molecule has 1 fully saturated rings. The lowest BCUT2D eigenvalue weighted by atomic mass is 9.90. The van der Waals surface area contributed by atoms with Crippen molar-refractivity contribution < 1.29 is 18.0 Å². The zero-order chi connectivity index (χ0) is 24.7. The molecule has 1 aliphatic rings. The van der Waals surface area contributed by atoms with Gasteiger partial charge in [-0.15, -0.1) is 0 Å². The average Bonchev–Trinajstić information content (AvgIpc) is 3.27. The minimum Gasteiger partial charge on any atom is -0.382 e. The summed E-state index contributed by atoms with van der Waals surface area (Å²) in [6.07, 6.45) is 0.0661. The predicted octanol–water partition coefficient (Wildman–Crippen LogP) is 7.30. The van der Waals surface area contributed by atoms with Gasteiger partial charge in [-0.05, 0) is 68.1 Å². The Bertz CT molecular complexity index is 1410. The number of nitrogens with one attached hydrogen (secondary N) is 3. The number of nitrogens with zero attached hydrogens (tertiary/aromatic N) is 1. The number of benzene rings is 2. The maximum absolute atomic E-state index is 13.4. The number of halogens is 5. The number of H-pyrrole nitrogens is 1. The van der Waals surface area contributed by atoms with Crippen molar-refractivity contribution in [3.8, 4) is 0 Å². The molecule has 182 valence electrons. The number of rotatable bonds is 4. The van der Waals surface area contributed by atoms with Crippen LogP contribution in [-0.2, 0) is 6.18 Å². The molecule has 2 heterocycles. The number of pyridine rings is 1. The van der Waals surface area contributed by atoms with Crippen molar-refractivity contribution in [3.63, 3.8) is 0 Å². The first kappa shape index (κ1) is 23.9. The Labute approximate surface area is 212 Å². The Balaban J connectivity index is 1.28. The van der Waals surface area contributed by atoms with Crippen molar-refractivity contribution in [2.75, 3.05) is 5.32 Å². The van der Waals surface area contributed by atoms with Gasteiger partial charge in [-0.25, -0.2) is 4.98 Å². The summed E-state index contributed by atoms with van der Waals surface area (Å²) in [6.45, 7) is 0. The summed E-state index contributed by atoms with van der Waals surface area (Å²) in [5.41, 5.74) is 1.00. The molecule has 2 aromatic heterocycles. The van der Waals surface area contributed by atoms with E-state index < -0.39 is 11.9 Å². The number of anilines is 1. The van der Waals surface area contributed by atoms with Crippen LogP contribution in [-0.4, -0.2) is 28.0 Å². The van der Waals surface area contributed by atoms with E-state index in [1.54, 1.807) is 18.3 Å². The third-order valence-electron chi connectivity index (χ3n) is 6.35. The minimum absolute atomic E-state index is 0.0149. The van der Waals surface area contributed by atoms with E-state index in [0.717, 1.165) is 21.4 Å². The molecule has 0 spiro atoms. The maximum Gasteiger partial charge on any atom is 0.433 e. The van der Waals surface area contributed by atoms with Gasteiger partial charge in [0.1, 0.15) is 5.69 Å². The third kappa shape index (κ3) is 5.11. The van der Waals surface area contributed by atoms with Gasteiger partial charge in [0.2, 0.25) is 0 Å². The zero-order valence-electron chi connectivity index (χ0n) is 18.3. The van der Waals surface area contributed by atoms with Crippen LogP contribution in [0.3, 0.4) is 0 Å². The molecule has 4 aromatic rings. The zero-order valence-corrected chi connectivity index (χ0v) is 20.7. The minimum atomic E-state index is -4.55. The van der Waals surface area contributed by atoms with Gasteiger partial charge in [0.25, 0.3) is 5.91 Å². The second-order valence-electron chi connectivity index (χ2n) is 8.78. The first-order chi connectivity index (χ1) is 16.7. The van der Waals surface area contributed by atoms with E-state index in [4.69, 9.17) is 11.6 Å². The summed E-state index contributed by atoms with van der Waals surface area (Å²) < 4.78 is 41.0. The molecule has 35 heavy (non-hydrogen) atoms. The molecule has 0 bridgehead atoms. The molecule has 1 amide bonds. The van der Waals surface area contributed by atoms with Crippen LogP contribution < -0.4 is 10.6 Å². The number of hydrogen-bond acceptors (Lipinski definition) is 3. The Hall–Kier alpha value is -2.78. The number of aromatic amines is 1. The SMILES string of the molecule is O=C(N[C@H]1CC[C@@H](Nc2cc(C(F)(F)F)nc3ccc(Cl)cc23)CC1)c1cc(Br)cc2cc[nH]c12. The molecule has 0 radical (unpaired) electrons. The summed E-state index contributed by atoms with van der Waals surface area (Å²) in [4.78, 5) is 19.8. The molecule has 10 heteroatoms. The molecule has 0 aliphatic heterocycles. The topological polar surface area (TPSA) is 69.8 Å². The highest BCUT2D eigenvalue weighted by molar-refractivity contribution is 9.10. The van der Waals surface area contributed by atoms with E-state index in [1.807, 2.05) is 12.1 Å². The van der Waals surface area contributed by atoms with Crippen LogP contribution in [0.5, 0.6) is 0 Å². The standard InChI is InChI=1S/C25H21BrClF3N4O/c26-14-9-13-7-8-31-23(13)19(10-14)24(35)33-17-4-2-16(3-5-17)32-21-12-22(25(28,29)30)34-20-6-1-15(27)11-18(20)21/h1,6-12,16-17,31H,2-5H2,(H,32,34)(H,33,35)/t16-,17+. The second kappa shape index (κ2) is 9.35. The number of aromatic nitrogens is 2. The van der Waals surface area contributed by atoms with Gasteiger partial charge in [0.15, 0.2) is 0 Å². The van der Waals surface area contributed by atoms with E-state index in [9.17, 15) is 18.0 Å². The van der Waals surface area contributed by atoms with E-state index in [2.05, 4.69) is 36.5 Å². The summed E-state index contributed by atoms with van der Waals surface area (Å²) in [5, 5.41) is 8.31. The highest BCUT2D eigenvalue weighted by Gasteiger charge is 2.34. The van der Waals surface area contributed by atoms with Crippen molar-refractivity contribution in [3.05, 3.63) is 69.4 Å². The molecule has 3 N–H and O–H groups in total. The lowest BCUT2D eigenvalue weighted by molar-refractivity contribution is -0.140. The van der Waals surface area contributed by atoms with Crippen LogP contribution in [0.1, 0.15) is 41.7 Å². The largest absolute Gasteiger partial charge is 0.433 e. The van der Waals surface area contributed by atoms with Crippen molar-refractivity contribution in [1.82, 2.24) is 15.3 Å². The molecule has 0 atom stereocenters. The number of alkyl halides is 3. The first-order valence-corrected chi connectivity index (χ1v) is 12.4. The second-order valence-corrected chi connectivity index (χ2v) is 10.1. The molecule has 2 aromatic carbocycles. The molecule has 0 saturated heterocycles. The van der Waals surface area contributed by atoms with Gasteiger partial charge < -0.3 is 15.6 Å². The van der Waals surface area contributed by atoms with E-state index >= 15 is 0 Å². The van der Waals surface area contributed by atoms with Crippen LogP contribution in [0.15, 0.2) is 53.1 Å². The molecule has 5 rings (SSSR count). The van der Waals surface area contributed by atoms with Gasteiger partial charge in [-0.3, -0.25) is 4.79 Å². The normalized spacial score (nSPS) is 18.7. The number of carbonyl (C=O) groups excluding carboxylic acids is 1. The van der Waals surface area contributed by atoms with E-state index in [1.165, 1.54) is 12.1 Å². The fraction of sp³-hybridized carbons (Fsp3) is 0.280.